The van der Waals surface area contributed by atoms with Crippen LogP contribution < -0.4 is 10.6 Å². The Hall–Kier alpha value is -3.04. The van der Waals surface area contributed by atoms with Crippen molar-refractivity contribution in [2.75, 3.05) is 18.0 Å². The summed E-state index contributed by atoms with van der Waals surface area (Å²) in [7, 11) is 0. The van der Waals surface area contributed by atoms with Crippen LogP contribution in [0, 0.1) is 11.6 Å². The lowest BCUT2D eigenvalue weighted by atomic mass is 10.1. The van der Waals surface area contributed by atoms with E-state index in [4.69, 9.17) is 21.9 Å². The van der Waals surface area contributed by atoms with E-state index in [1.165, 1.54) is 0 Å². The van der Waals surface area contributed by atoms with Crippen molar-refractivity contribution in [1.29, 1.82) is 0 Å². The number of anilines is 1. The zero-order valence-corrected chi connectivity index (χ0v) is 17.6. The van der Waals surface area contributed by atoms with Gasteiger partial charge in [0.2, 0.25) is 5.95 Å². The molecule has 1 saturated heterocycles. The Labute approximate surface area is 186 Å². The van der Waals surface area contributed by atoms with E-state index in [-0.39, 0.29) is 25.0 Å². The molecule has 2 atom stereocenters. The molecule has 1 aliphatic heterocycles. The van der Waals surface area contributed by atoms with Gasteiger partial charge in [0.25, 0.3) is 0 Å². The maximum absolute atomic E-state index is 14.0. The number of halogens is 4. The Morgan fingerprint density at radius 2 is 1.97 bits per heavy atom. The van der Waals surface area contributed by atoms with Gasteiger partial charge in [-0.2, -0.15) is 0 Å². The first-order chi connectivity index (χ1) is 15.4. The molecule has 1 fully saturated rings. The van der Waals surface area contributed by atoms with Gasteiger partial charge in [0.1, 0.15) is 11.9 Å². The molecule has 10 heteroatoms. The molecule has 32 heavy (non-hydrogen) atoms. The molecule has 0 bridgehead atoms. The van der Waals surface area contributed by atoms with E-state index < -0.39 is 23.8 Å². The summed E-state index contributed by atoms with van der Waals surface area (Å²) in [6.45, 7) is 0.780. The fourth-order valence-corrected chi connectivity index (χ4v) is 4.16. The van der Waals surface area contributed by atoms with Crippen molar-refractivity contribution in [1.82, 2.24) is 14.7 Å². The summed E-state index contributed by atoms with van der Waals surface area (Å²) in [5.41, 5.74) is 7.96. The molecule has 0 spiro atoms. The largest absolute Gasteiger partial charge is 0.359 e. The van der Waals surface area contributed by atoms with Crippen LogP contribution in [0.5, 0.6) is 0 Å². The van der Waals surface area contributed by atoms with Crippen LogP contribution in [-0.4, -0.2) is 40.0 Å². The maximum Gasteiger partial charge on any atom is 0.207 e. The van der Waals surface area contributed by atoms with Crippen LogP contribution in [0.15, 0.2) is 47.0 Å². The van der Waals surface area contributed by atoms with E-state index in [0.717, 1.165) is 17.7 Å². The van der Waals surface area contributed by atoms with Crippen LogP contribution in [0.4, 0.5) is 19.1 Å². The summed E-state index contributed by atoms with van der Waals surface area (Å²) in [6, 6.07) is 10.4. The molecule has 4 aromatic rings. The molecule has 1 aliphatic rings. The van der Waals surface area contributed by atoms with Crippen LogP contribution in [0.25, 0.3) is 22.3 Å². The molecule has 0 radical (unpaired) electrons. The Kier molecular flexibility index (Phi) is 5.30. The maximum atomic E-state index is 14.0. The van der Waals surface area contributed by atoms with Gasteiger partial charge in [-0.05, 0) is 18.6 Å². The molecule has 6 nitrogen and oxygen atoms in total. The van der Waals surface area contributed by atoms with Crippen molar-refractivity contribution < 1.29 is 17.7 Å². The van der Waals surface area contributed by atoms with E-state index in [1.54, 1.807) is 22.8 Å². The standard InChI is InChI=1S/C22H19ClF3N5O/c23-13-3-1-2-12(6-13)19-7-14(32-29-19)10-31-21-9-17(26)16(25)8-20(21)28-22(31)30-5-4-15(24)18(27)11-30/h1-3,6-9,15,18H,4-5,10-11,27H2/t15?,18-/m1/s1. The molecule has 2 aromatic heterocycles. The first-order valence-corrected chi connectivity index (χ1v) is 10.5. The number of fused-ring (bicyclic) bond motifs is 1. The summed E-state index contributed by atoms with van der Waals surface area (Å²) in [4.78, 5) is 6.32. The van der Waals surface area contributed by atoms with Crippen molar-refractivity contribution in [3.05, 3.63) is 64.9 Å². The molecular weight excluding hydrogens is 443 g/mol. The lowest BCUT2D eigenvalue weighted by molar-refractivity contribution is 0.243. The number of hydrogen-bond donors (Lipinski definition) is 1. The van der Waals surface area contributed by atoms with Crippen LogP contribution in [0.2, 0.25) is 5.02 Å². The van der Waals surface area contributed by atoms with Gasteiger partial charge in [0.05, 0.1) is 23.6 Å². The second-order valence-corrected chi connectivity index (χ2v) is 8.29. The van der Waals surface area contributed by atoms with Gasteiger partial charge < -0.3 is 19.7 Å². The lowest BCUT2D eigenvalue weighted by Gasteiger charge is -2.34. The molecule has 1 unspecified atom stereocenters. The van der Waals surface area contributed by atoms with Gasteiger partial charge in [0, 0.05) is 41.9 Å². The zero-order valence-electron chi connectivity index (χ0n) is 16.8. The summed E-state index contributed by atoms with van der Waals surface area (Å²) in [6.07, 6.45) is -0.859. The number of alkyl halides is 1. The molecule has 2 N–H and O–H groups in total. The third-order valence-corrected chi connectivity index (χ3v) is 5.85. The summed E-state index contributed by atoms with van der Waals surface area (Å²) in [5.74, 6) is -1.06. The summed E-state index contributed by atoms with van der Waals surface area (Å²) >= 11 is 6.06. The van der Waals surface area contributed by atoms with Gasteiger partial charge in [-0.15, -0.1) is 0 Å². The number of benzene rings is 2. The quantitative estimate of drug-likeness (QED) is 0.483. The Bertz CT molecular complexity index is 1290. The Morgan fingerprint density at radius 3 is 2.75 bits per heavy atom. The normalized spacial score (nSPS) is 19.1. The number of rotatable bonds is 4. The van der Waals surface area contributed by atoms with Crippen LogP contribution in [0.3, 0.4) is 0 Å². The molecule has 166 valence electrons. The first kappa shape index (κ1) is 20.8. The van der Waals surface area contributed by atoms with Crippen LogP contribution >= 0.6 is 11.6 Å². The fourth-order valence-electron chi connectivity index (χ4n) is 3.97. The lowest BCUT2D eigenvalue weighted by Crippen LogP contribution is -2.50. The monoisotopic (exact) mass is 461 g/mol. The average molecular weight is 462 g/mol. The van der Waals surface area contributed by atoms with E-state index in [2.05, 4.69) is 10.1 Å². The van der Waals surface area contributed by atoms with Crippen molar-refractivity contribution in [2.45, 2.75) is 25.2 Å². The van der Waals surface area contributed by atoms with Gasteiger partial charge in [-0.3, -0.25) is 0 Å². The first-order valence-electron chi connectivity index (χ1n) is 10.1. The third kappa shape index (κ3) is 3.82. The highest BCUT2D eigenvalue weighted by Gasteiger charge is 2.30. The number of nitrogens with zero attached hydrogens (tertiary/aromatic N) is 4. The minimum Gasteiger partial charge on any atom is -0.359 e. The smallest absolute Gasteiger partial charge is 0.207 e. The van der Waals surface area contributed by atoms with Crippen LogP contribution in [0.1, 0.15) is 12.2 Å². The number of nitrogens with two attached hydrogens (primary N) is 1. The topological polar surface area (TPSA) is 73.1 Å². The number of hydrogen-bond acceptors (Lipinski definition) is 5. The van der Waals surface area contributed by atoms with Gasteiger partial charge in [-0.1, -0.05) is 28.9 Å². The highest BCUT2D eigenvalue weighted by molar-refractivity contribution is 6.30. The second-order valence-electron chi connectivity index (χ2n) is 7.86. The zero-order chi connectivity index (χ0) is 22.4. The van der Waals surface area contributed by atoms with E-state index in [0.29, 0.717) is 34.5 Å². The minimum absolute atomic E-state index is 0.162. The second kappa shape index (κ2) is 8.14. The van der Waals surface area contributed by atoms with E-state index in [9.17, 15) is 13.2 Å². The summed E-state index contributed by atoms with van der Waals surface area (Å²) in [5, 5.41) is 4.67. The fraction of sp³-hybridized carbons (Fsp3) is 0.273. The van der Waals surface area contributed by atoms with Crippen molar-refractivity contribution in [2.24, 2.45) is 5.73 Å². The van der Waals surface area contributed by atoms with Gasteiger partial charge in [0.15, 0.2) is 17.4 Å². The van der Waals surface area contributed by atoms with Gasteiger partial charge in [-0.25, -0.2) is 18.2 Å². The molecule has 0 saturated carbocycles. The molecule has 5 rings (SSSR count). The summed E-state index contributed by atoms with van der Waals surface area (Å²) < 4.78 is 49.0. The predicted octanol–water partition coefficient (Wildman–Crippen LogP) is 4.55. The molecule has 0 aliphatic carbocycles. The third-order valence-electron chi connectivity index (χ3n) is 5.62. The van der Waals surface area contributed by atoms with Gasteiger partial charge >= 0.3 is 0 Å². The van der Waals surface area contributed by atoms with E-state index in [1.807, 2.05) is 17.0 Å². The number of aromatic nitrogens is 3. The molecule has 3 heterocycles. The number of imidazole rings is 1. The highest BCUT2D eigenvalue weighted by Crippen LogP contribution is 2.29. The van der Waals surface area contributed by atoms with Crippen molar-refractivity contribution in [3.63, 3.8) is 0 Å². The Balaban J connectivity index is 1.54. The van der Waals surface area contributed by atoms with Crippen LogP contribution in [-0.2, 0) is 6.54 Å². The molecule has 0 amide bonds. The van der Waals surface area contributed by atoms with Crippen molar-refractivity contribution in [3.8, 4) is 11.3 Å². The average Bonchev–Trinajstić information content (AvgIpc) is 3.36. The molecular formula is C22H19ClF3N5O. The molecule has 2 aromatic carbocycles. The Morgan fingerprint density at radius 1 is 1.16 bits per heavy atom. The minimum atomic E-state index is -1.10. The number of piperidine rings is 1. The highest BCUT2D eigenvalue weighted by atomic mass is 35.5. The predicted molar refractivity (Wildman–Crippen MR) is 115 cm³/mol. The van der Waals surface area contributed by atoms with E-state index >= 15 is 0 Å². The SMILES string of the molecule is N[C@@H]1CN(c2nc3cc(F)c(F)cc3n2Cc2cc(-c3cccc(Cl)c3)no2)CCC1F. The van der Waals surface area contributed by atoms with Crippen molar-refractivity contribution >= 4 is 28.6 Å².